The van der Waals surface area contributed by atoms with Crippen molar-refractivity contribution in [3.05, 3.63) is 33.3 Å². The number of rotatable bonds is 7. The van der Waals surface area contributed by atoms with Crippen molar-refractivity contribution in [2.75, 3.05) is 39.5 Å². The lowest BCUT2D eigenvalue weighted by Gasteiger charge is -2.44. The molecular weight excluding hydrogens is 412 g/mol. The van der Waals surface area contributed by atoms with Crippen LogP contribution in [0.4, 0.5) is 0 Å². The molecule has 5 heterocycles. The molecule has 0 aliphatic carbocycles. The largest absolute Gasteiger partial charge is 0.376 e. The van der Waals surface area contributed by atoms with Gasteiger partial charge < -0.3 is 14.2 Å². The summed E-state index contributed by atoms with van der Waals surface area (Å²) in [7, 11) is 0. The highest BCUT2D eigenvalue weighted by atomic mass is 32.1. The molecule has 0 aromatic carbocycles. The average molecular weight is 447 g/mol. The van der Waals surface area contributed by atoms with E-state index in [1.165, 1.54) is 10.4 Å². The Morgan fingerprint density at radius 3 is 2.94 bits per heavy atom. The highest BCUT2D eigenvalue weighted by Gasteiger charge is 2.41. The zero-order chi connectivity index (χ0) is 21.1. The van der Waals surface area contributed by atoms with E-state index in [2.05, 4.69) is 34.4 Å². The van der Waals surface area contributed by atoms with E-state index in [-0.39, 0.29) is 11.7 Å². The van der Waals surface area contributed by atoms with E-state index in [9.17, 15) is 0 Å². The van der Waals surface area contributed by atoms with E-state index >= 15 is 0 Å². The second-order valence-corrected chi connectivity index (χ2v) is 10.2. The molecule has 2 saturated heterocycles. The van der Waals surface area contributed by atoms with Gasteiger partial charge in [0.2, 0.25) is 0 Å². The molecule has 2 fully saturated rings. The van der Waals surface area contributed by atoms with Gasteiger partial charge in [-0.05, 0) is 43.7 Å². The van der Waals surface area contributed by atoms with Crippen LogP contribution in [0, 0.1) is 0 Å². The van der Waals surface area contributed by atoms with Crippen LogP contribution in [0.25, 0.3) is 0 Å². The summed E-state index contributed by atoms with van der Waals surface area (Å²) in [5.74, 6) is 0. The molecule has 0 bridgehead atoms. The Morgan fingerprint density at radius 2 is 2.13 bits per heavy atom. The number of likely N-dealkylation sites (tertiary alicyclic amines) is 1. The van der Waals surface area contributed by atoms with Gasteiger partial charge in [-0.2, -0.15) is 0 Å². The van der Waals surface area contributed by atoms with Crippen molar-refractivity contribution >= 4 is 11.3 Å². The van der Waals surface area contributed by atoms with Gasteiger partial charge in [-0.3, -0.25) is 9.58 Å². The fourth-order valence-electron chi connectivity index (χ4n) is 5.07. The van der Waals surface area contributed by atoms with Crippen LogP contribution in [-0.4, -0.2) is 65.5 Å². The van der Waals surface area contributed by atoms with Gasteiger partial charge in [0.1, 0.15) is 0 Å². The maximum absolute atomic E-state index is 6.42. The fourth-order valence-corrected chi connectivity index (χ4v) is 6.24. The molecule has 2 aromatic rings. The Bertz CT molecular complexity index is 853. The van der Waals surface area contributed by atoms with Crippen LogP contribution in [-0.2, 0) is 45.7 Å². The highest BCUT2D eigenvalue weighted by molar-refractivity contribution is 7.12. The smallest absolute Gasteiger partial charge is 0.0967 e. The number of aromatic nitrogens is 3. The Balaban J connectivity index is 1.11. The third-order valence-corrected chi connectivity index (χ3v) is 8.18. The molecule has 3 aliphatic heterocycles. The first-order chi connectivity index (χ1) is 15.2. The average Bonchev–Trinajstić information content (AvgIpc) is 3.44. The maximum Gasteiger partial charge on any atom is 0.0967 e. The molecule has 8 heteroatoms. The quantitative estimate of drug-likeness (QED) is 0.651. The minimum atomic E-state index is -0.0590. The van der Waals surface area contributed by atoms with Gasteiger partial charge in [-0.25, -0.2) is 0 Å². The van der Waals surface area contributed by atoms with Gasteiger partial charge in [0.05, 0.1) is 43.8 Å². The second-order valence-electron chi connectivity index (χ2n) is 8.95. The summed E-state index contributed by atoms with van der Waals surface area (Å²) in [4.78, 5) is 5.55. The normalized spacial score (nSPS) is 23.8. The summed E-state index contributed by atoms with van der Waals surface area (Å²) in [5, 5.41) is 8.75. The second kappa shape index (κ2) is 9.67. The predicted molar refractivity (Wildman–Crippen MR) is 119 cm³/mol. The Labute approximate surface area is 188 Å². The van der Waals surface area contributed by atoms with Crippen molar-refractivity contribution in [2.24, 2.45) is 0 Å². The standard InChI is InChI=1S/C23H34N4O3S/c1-2-20-14-21-22(31-20)5-11-30-23(21)6-9-26(10-7-23)15-18-16-27(25-24-18)8-3-4-19-17-28-12-13-29-19/h14,16,19H,2-13,15,17H2,1H3. The third-order valence-electron chi connectivity index (χ3n) is 6.84. The molecule has 7 nitrogen and oxygen atoms in total. The van der Waals surface area contributed by atoms with E-state index < -0.39 is 0 Å². The van der Waals surface area contributed by atoms with Gasteiger partial charge in [-0.1, -0.05) is 12.1 Å². The number of aryl methyl sites for hydroxylation is 2. The van der Waals surface area contributed by atoms with Gasteiger partial charge in [0.15, 0.2) is 0 Å². The third kappa shape index (κ3) is 4.88. The van der Waals surface area contributed by atoms with Crippen molar-refractivity contribution in [2.45, 2.75) is 70.2 Å². The molecule has 1 atom stereocenters. The molecular formula is C23H34N4O3S. The lowest BCUT2D eigenvalue weighted by atomic mass is 9.82. The molecule has 0 saturated carbocycles. The number of thiophene rings is 1. The van der Waals surface area contributed by atoms with Crippen LogP contribution >= 0.6 is 11.3 Å². The van der Waals surface area contributed by atoms with Gasteiger partial charge in [-0.15, -0.1) is 16.4 Å². The molecule has 2 aromatic heterocycles. The number of hydrogen-bond acceptors (Lipinski definition) is 7. The minimum Gasteiger partial charge on any atom is -0.376 e. The Hall–Kier alpha value is -1.32. The van der Waals surface area contributed by atoms with Crippen molar-refractivity contribution in [1.29, 1.82) is 0 Å². The Morgan fingerprint density at radius 1 is 1.23 bits per heavy atom. The van der Waals surface area contributed by atoms with Gasteiger partial charge in [0.25, 0.3) is 0 Å². The van der Waals surface area contributed by atoms with Gasteiger partial charge >= 0.3 is 0 Å². The van der Waals surface area contributed by atoms with Crippen LogP contribution in [0.5, 0.6) is 0 Å². The predicted octanol–water partition coefficient (Wildman–Crippen LogP) is 3.16. The van der Waals surface area contributed by atoms with Crippen molar-refractivity contribution in [3.8, 4) is 0 Å². The monoisotopic (exact) mass is 446 g/mol. The summed E-state index contributed by atoms with van der Waals surface area (Å²) in [5.41, 5.74) is 2.48. The number of ether oxygens (including phenoxy) is 3. The molecule has 3 aliphatic rings. The van der Waals surface area contributed by atoms with Crippen molar-refractivity contribution in [1.82, 2.24) is 19.9 Å². The summed E-state index contributed by atoms with van der Waals surface area (Å²) >= 11 is 2.00. The van der Waals surface area contributed by atoms with E-state index in [1.807, 2.05) is 16.0 Å². The van der Waals surface area contributed by atoms with E-state index in [0.29, 0.717) is 6.61 Å². The highest BCUT2D eigenvalue weighted by Crippen LogP contribution is 2.44. The molecule has 31 heavy (non-hydrogen) atoms. The van der Waals surface area contributed by atoms with E-state index in [1.54, 1.807) is 4.88 Å². The molecule has 0 N–H and O–H groups in total. The molecule has 5 rings (SSSR count). The maximum atomic E-state index is 6.42. The van der Waals surface area contributed by atoms with Crippen LogP contribution in [0.15, 0.2) is 12.3 Å². The number of piperidine rings is 1. The van der Waals surface area contributed by atoms with Crippen molar-refractivity contribution < 1.29 is 14.2 Å². The summed E-state index contributed by atoms with van der Waals surface area (Å²) in [6.07, 6.45) is 8.71. The summed E-state index contributed by atoms with van der Waals surface area (Å²) < 4.78 is 19.6. The molecule has 1 spiro atoms. The van der Waals surface area contributed by atoms with Crippen LogP contribution in [0.2, 0.25) is 0 Å². The van der Waals surface area contributed by atoms with E-state index in [4.69, 9.17) is 14.2 Å². The zero-order valence-corrected chi connectivity index (χ0v) is 19.4. The number of nitrogens with zero attached hydrogens (tertiary/aromatic N) is 4. The molecule has 1 unspecified atom stereocenters. The lowest BCUT2D eigenvalue weighted by Crippen LogP contribution is -2.45. The van der Waals surface area contributed by atoms with E-state index in [0.717, 1.165) is 90.2 Å². The summed E-state index contributed by atoms with van der Waals surface area (Å²) in [6, 6.07) is 2.42. The fraction of sp³-hybridized carbons (Fsp3) is 0.739. The van der Waals surface area contributed by atoms with Crippen LogP contribution < -0.4 is 0 Å². The first-order valence-electron chi connectivity index (χ1n) is 11.8. The summed E-state index contributed by atoms with van der Waals surface area (Å²) in [6.45, 7) is 9.11. The van der Waals surface area contributed by atoms with Crippen molar-refractivity contribution in [3.63, 3.8) is 0 Å². The SMILES string of the molecule is CCc1cc2c(s1)CCOC21CCN(Cc2cn(CCCC3COCCO3)nn2)CC1. The topological polar surface area (TPSA) is 61.6 Å². The minimum absolute atomic E-state index is 0.0590. The molecule has 0 amide bonds. The van der Waals surface area contributed by atoms with Crippen LogP contribution in [0.1, 0.15) is 53.6 Å². The first-order valence-corrected chi connectivity index (χ1v) is 12.6. The first kappa shape index (κ1) is 21.5. The Kier molecular flexibility index (Phi) is 6.71. The zero-order valence-electron chi connectivity index (χ0n) is 18.6. The number of fused-ring (bicyclic) bond motifs is 2. The molecule has 0 radical (unpaired) electrons. The van der Waals surface area contributed by atoms with Gasteiger partial charge in [0, 0.05) is 48.6 Å². The van der Waals surface area contributed by atoms with Crippen LogP contribution in [0.3, 0.4) is 0 Å². The number of hydrogen-bond donors (Lipinski definition) is 0. The lowest BCUT2D eigenvalue weighted by molar-refractivity contribution is -0.0982. The molecule has 170 valence electrons.